The van der Waals surface area contributed by atoms with Crippen molar-refractivity contribution in [2.24, 2.45) is 7.05 Å². The number of nitrogens with zero attached hydrogens (tertiary/aromatic N) is 2. The molecule has 0 spiro atoms. The highest BCUT2D eigenvalue weighted by Crippen LogP contribution is 2.28. The van der Waals surface area contributed by atoms with Gasteiger partial charge in [0.25, 0.3) is 0 Å². The van der Waals surface area contributed by atoms with Crippen LogP contribution >= 0.6 is 0 Å². The summed E-state index contributed by atoms with van der Waals surface area (Å²) >= 11 is 0. The van der Waals surface area contributed by atoms with Crippen molar-refractivity contribution in [2.45, 2.75) is 19.3 Å². The SMILES string of the molecule is Cc1nn(C)cc1C1CC(=O)OC1=O. The minimum atomic E-state index is -0.467. The molecule has 1 fully saturated rings. The minimum absolute atomic E-state index is 0.130. The summed E-state index contributed by atoms with van der Waals surface area (Å²) in [6.45, 7) is 1.81. The number of rotatable bonds is 1. The molecule has 74 valence electrons. The third-order valence-electron chi connectivity index (χ3n) is 2.30. The summed E-state index contributed by atoms with van der Waals surface area (Å²) in [5.41, 5.74) is 1.55. The van der Waals surface area contributed by atoms with E-state index in [1.54, 1.807) is 17.9 Å². The third-order valence-corrected chi connectivity index (χ3v) is 2.30. The van der Waals surface area contributed by atoms with E-state index in [0.717, 1.165) is 11.3 Å². The summed E-state index contributed by atoms with van der Waals surface area (Å²) < 4.78 is 6.10. The molecule has 1 aromatic heterocycles. The predicted octanol–water partition coefficient (Wildman–Crippen LogP) is 0.286. The first-order chi connectivity index (χ1) is 6.58. The molecule has 1 aromatic rings. The van der Waals surface area contributed by atoms with Crippen LogP contribution < -0.4 is 0 Å². The standard InChI is InChI=1S/C9H10N2O3/c1-5-7(4-11(2)10-5)6-3-8(12)14-9(6)13/h4,6H,3H2,1-2H3. The van der Waals surface area contributed by atoms with Gasteiger partial charge < -0.3 is 4.74 Å². The molecule has 0 N–H and O–H groups in total. The van der Waals surface area contributed by atoms with Crippen LogP contribution in [-0.2, 0) is 21.4 Å². The third kappa shape index (κ3) is 1.30. The van der Waals surface area contributed by atoms with Gasteiger partial charge in [-0.2, -0.15) is 5.10 Å². The number of aromatic nitrogens is 2. The number of carbonyl (C=O) groups excluding carboxylic acids is 2. The van der Waals surface area contributed by atoms with E-state index in [4.69, 9.17) is 0 Å². The highest BCUT2D eigenvalue weighted by molar-refractivity contribution is 5.97. The van der Waals surface area contributed by atoms with Crippen LogP contribution in [0.2, 0.25) is 0 Å². The number of aryl methyl sites for hydroxylation is 2. The summed E-state index contributed by atoms with van der Waals surface area (Å²) in [4.78, 5) is 22.2. The number of ether oxygens (including phenoxy) is 1. The molecule has 1 saturated heterocycles. The van der Waals surface area contributed by atoms with Gasteiger partial charge in [-0.1, -0.05) is 0 Å². The van der Waals surface area contributed by atoms with Gasteiger partial charge in [-0.25, -0.2) is 0 Å². The van der Waals surface area contributed by atoms with Crippen LogP contribution in [0, 0.1) is 6.92 Å². The lowest BCUT2D eigenvalue weighted by molar-refractivity contribution is -0.152. The van der Waals surface area contributed by atoms with Crippen molar-refractivity contribution in [1.29, 1.82) is 0 Å². The van der Waals surface area contributed by atoms with Crippen molar-refractivity contribution < 1.29 is 14.3 Å². The van der Waals surface area contributed by atoms with Crippen LogP contribution in [0.5, 0.6) is 0 Å². The lowest BCUT2D eigenvalue weighted by atomic mass is 9.99. The predicted molar refractivity (Wildman–Crippen MR) is 46.4 cm³/mol. The Bertz CT molecular complexity index is 408. The van der Waals surface area contributed by atoms with Gasteiger partial charge in [0.15, 0.2) is 0 Å². The van der Waals surface area contributed by atoms with Gasteiger partial charge in [0.05, 0.1) is 18.0 Å². The number of esters is 2. The second-order valence-corrected chi connectivity index (χ2v) is 3.39. The summed E-state index contributed by atoms with van der Waals surface area (Å²) in [5.74, 6) is -1.38. The molecule has 1 aliphatic heterocycles. The molecule has 0 aromatic carbocycles. The van der Waals surface area contributed by atoms with E-state index in [2.05, 4.69) is 9.84 Å². The lowest BCUT2D eigenvalue weighted by Gasteiger charge is -2.00. The molecule has 0 aliphatic carbocycles. The largest absolute Gasteiger partial charge is 0.393 e. The normalized spacial score (nSPS) is 21.4. The number of hydrogen-bond donors (Lipinski definition) is 0. The van der Waals surface area contributed by atoms with Gasteiger partial charge in [-0.05, 0) is 6.92 Å². The number of hydrogen-bond acceptors (Lipinski definition) is 4. The summed E-state index contributed by atoms with van der Waals surface area (Å²) in [6.07, 6.45) is 1.88. The van der Waals surface area contributed by atoms with Gasteiger partial charge in [-0.15, -0.1) is 0 Å². The lowest BCUT2D eigenvalue weighted by Crippen LogP contribution is -2.05. The summed E-state index contributed by atoms with van der Waals surface area (Å²) in [7, 11) is 1.78. The van der Waals surface area contributed by atoms with Gasteiger partial charge in [0.1, 0.15) is 0 Å². The molecule has 0 bridgehead atoms. The van der Waals surface area contributed by atoms with Crippen LogP contribution in [0.4, 0.5) is 0 Å². The molecule has 0 amide bonds. The minimum Gasteiger partial charge on any atom is -0.393 e. The number of cyclic esters (lactones) is 2. The van der Waals surface area contributed by atoms with Crippen molar-refractivity contribution in [1.82, 2.24) is 9.78 Å². The van der Waals surface area contributed by atoms with Crippen molar-refractivity contribution in [2.75, 3.05) is 0 Å². The van der Waals surface area contributed by atoms with Crippen molar-refractivity contribution in [3.8, 4) is 0 Å². The maximum absolute atomic E-state index is 11.3. The quantitative estimate of drug-likeness (QED) is 0.476. The van der Waals surface area contributed by atoms with E-state index in [1.807, 2.05) is 6.92 Å². The first-order valence-electron chi connectivity index (χ1n) is 4.32. The Hall–Kier alpha value is -1.65. The molecule has 1 unspecified atom stereocenters. The monoisotopic (exact) mass is 194 g/mol. The smallest absolute Gasteiger partial charge is 0.321 e. The fourth-order valence-electron chi connectivity index (χ4n) is 1.67. The maximum atomic E-state index is 11.3. The Morgan fingerprint density at radius 2 is 2.29 bits per heavy atom. The fourth-order valence-corrected chi connectivity index (χ4v) is 1.67. The molecular weight excluding hydrogens is 184 g/mol. The van der Waals surface area contributed by atoms with Crippen LogP contribution in [0.15, 0.2) is 6.20 Å². The van der Waals surface area contributed by atoms with Crippen LogP contribution in [0.3, 0.4) is 0 Å². The average Bonchev–Trinajstić information content (AvgIpc) is 2.55. The molecule has 1 aliphatic rings. The number of carbonyl (C=O) groups is 2. The molecule has 1 atom stereocenters. The van der Waals surface area contributed by atoms with E-state index >= 15 is 0 Å². The second kappa shape index (κ2) is 2.94. The fraction of sp³-hybridized carbons (Fsp3) is 0.444. The van der Waals surface area contributed by atoms with E-state index < -0.39 is 17.9 Å². The van der Waals surface area contributed by atoms with Crippen LogP contribution in [0.1, 0.15) is 23.6 Å². The molecule has 0 radical (unpaired) electrons. The molecular formula is C9H10N2O3. The molecule has 0 saturated carbocycles. The Morgan fingerprint density at radius 1 is 1.57 bits per heavy atom. The maximum Gasteiger partial charge on any atom is 0.321 e. The van der Waals surface area contributed by atoms with Crippen LogP contribution in [-0.4, -0.2) is 21.7 Å². The van der Waals surface area contributed by atoms with Crippen LogP contribution in [0.25, 0.3) is 0 Å². The average molecular weight is 194 g/mol. The zero-order valence-corrected chi connectivity index (χ0v) is 7.98. The van der Waals surface area contributed by atoms with E-state index in [0.29, 0.717) is 0 Å². The zero-order valence-electron chi connectivity index (χ0n) is 7.98. The summed E-state index contributed by atoms with van der Waals surface area (Å²) in [5, 5.41) is 4.11. The topological polar surface area (TPSA) is 61.2 Å². The van der Waals surface area contributed by atoms with Gasteiger partial charge >= 0.3 is 11.9 Å². The van der Waals surface area contributed by atoms with E-state index in [-0.39, 0.29) is 6.42 Å². The highest BCUT2D eigenvalue weighted by Gasteiger charge is 2.36. The first kappa shape index (κ1) is 8.93. The molecule has 2 rings (SSSR count). The Balaban J connectivity index is 2.36. The van der Waals surface area contributed by atoms with Crippen molar-refractivity contribution in [3.05, 3.63) is 17.5 Å². The van der Waals surface area contributed by atoms with Crippen molar-refractivity contribution in [3.63, 3.8) is 0 Å². The Labute approximate surface area is 80.7 Å². The second-order valence-electron chi connectivity index (χ2n) is 3.39. The van der Waals surface area contributed by atoms with Gasteiger partial charge in [-0.3, -0.25) is 14.3 Å². The van der Waals surface area contributed by atoms with Gasteiger partial charge in [0.2, 0.25) is 0 Å². The first-order valence-corrected chi connectivity index (χ1v) is 4.32. The Morgan fingerprint density at radius 3 is 2.71 bits per heavy atom. The van der Waals surface area contributed by atoms with Crippen molar-refractivity contribution >= 4 is 11.9 Å². The molecule has 2 heterocycles. The summed E-state index contributed by atoms with van der Waals surface area (Å²) in [6, 6.07) is 0. The Kier molecular flexibility index (Phi) is 1.87. The molecule has 5 heteroatoms. The van der Waals surface area contributed by atoms with Gasteiger partial charge in [0, 0.05) is 18.8 Å². The zero-order chi connectivity index (χ0) is 10.3. The van der Waals surface area contributed by atoms with E-state index in [1.165, 1.54) is 0 Å². The van der Waals surface area contributed by atoms with E-state index in [9.17, 15) is 9.59 Å². The molecule has 14 heavy (non-hydrogen) atoms. The molecule has 5 nitrogen and oxygen atoms in total. The highest BCUT2D eigenvalue weighted by atomic mass is 16.6.